The number of carbonyl (C=O) groups excluding carboxylic acids is 2. The number of hydrogen-bond acceptors (Lipinski definition) is 5. The van der Waals surface area contributed by atoms with Crippen molar-refractivity contribution in [2.45, 2.75) is 19.4 Å². The van der Waals surface area contributed by atoms with Crippen molar-refractivity contribution in [2.24, 2.45) is 0 Å². The summed E-state index contributed by atoms with van der Waals surface area (Å²) in [6.45, 7) is 1.37. The highest BCUT2D eigenvalue weighted by Crippen LogP contribution is 2.28. The van der Waals surface area contributed by atoms with Gasteiger partial charge in [0, 0.05) is 41.4 Å². The van der Waals surface area contributed by atoms with Crippen LogP contribution in [0, 0.1) is 5.82 Å². The second kappa shape index (κ2) is 9.19. The van der Waals surface area contributed by atoms with E-state index in [1.165, 1.54) is 37.5 Å². The molecule has 9 heteroatoms. The lowest BCUT2D eigenvalue weighted by molar-refractivity contribution is -0.125. The lowest BCUT2D eigenvalue weighted by Crippen LogP contribution is -2.44. The predicted octanol–water partition coefficient (Wildman–Crippen LogP) is 4.13. The number of benzene rings is 2. The molecule has 7 nitrogen and oxygen atoms in total. The standard InChI is InChI=1S/C23H21FN4O3S/c1-13(29)26-19(10-15-11-25-18-6-4-3-5-16(15)18)22(30)28-23-27-20(12-32-23)14-7-8-21(31-2)17(24)9-14/h3-9,11-12,19,25H,10H2,1-2H3,(H,26,29)(H,27,28,30). The first kappa shape index (κ1) is 21.5. The number of fused-ring (bicyclic) bond motifs is 1. The van der Waals surface area contributed by atoms with Gasteiger partial charge in [0.05, 0.1) is 12.8 Å². The lowest BCUT2D eigenvalue weighted by atomic mass is 10.0. The van der Waals surface area contributed by atoms with Gasteiger partial charge in [0.1, 0.15) is 6.04 Å². The Morgan fingerprint density at radius 3 is 2.81 bits per heavy atom. The number of aromatic nitrogens is 2. The summed E-state index contributed by atoms with van der Waals surface area (Å²) in [5.41, 5.74) is 2.97. The molecule has 164 valence electrons. The molecule has 0 aliphatic carbocycles. The fourth-order valence-corrected chi connectivity index (χ4v) is 4.18. The number of H-pyrrole nitrogens is 1. The van der Waals surface area contributed by atoms with Gasteiger partial charge in [0.2, 0.25) is 11.8 Å². The molecule has 1 atom stereocenters. The second-order valence-electron chi connectivity index (χ2n) is 7.19. The number of methoxy groups -OCH3 is 1. The molecule has 4 aromatic rings. The first-order chi connectivity index (χ1) is 15.4. The Kier molecular flexibility index (Phi) is 6.18. The Balaban J connectivity index is 1.51. The van der Waals surface area contributed by atoms with Crippen LogP contribution in [0.1, 0.15) is 12.5 Å². The van der Waals surface area contributed by atoms with Crippen molar-refractivity contribution in [3.8, 4) is 17.0 Å². The number of nitrogens with one attached hydrogen (secondary N) is 3. The number of halogens is 1. The first-order valence-corrected chi connectivity index (χ1v) is 10.7. The van der Waals surface area contributed by atoms with E-state index in [2.05, 4.69) is 20.6 Å². The molecule has 1 unspecified atom stereocenters. The van der Waals surface area contributed by atoms with Crippen LogP contribution in [0.4, 0.5) is 9.52 Å². The average molecular weight is 453 g/mol. The predicted molar refractivity (Wildman–Crippen MR) is 122 cm³/mol. The summed E-state index contributed by atoms with van der Waals surface area (Å²) in [7, 11) is 1.40. The number of amides is 2. The van der Waals surface area contributed by atoms with Crippen molar-refractivity contribution in [1.82, 2.24) is 15.3 Å². The molecular formula is C23H21FN4O3S. The van der Waals surface area contributed by atoms with Gasteiger partial charge in [-0.1, -0.05) is 18.2 Å². The third-order valence-electron chi connectivity index (χ3n) is 4.97. The van der Waals surface area contributed by atoms with E-state index in [1.807, 2.05) is 30.5 Å². The molecule has 0 aliphatic rings. The first-order valence-electron chi connectivity index (χ1n) is 9.87. The molecule has 0 saturated carbocycles. The fourth-order valence-electron chi connectivity index (χ4n) is 3.46. The van der Waals surface area contributed by atoms with E-state index >= 15 is 0 Å². The van der Waals surface area contributed by atoms with Gasteiger partial charge in [-0.3, -0.25) is 9.59 Å². The van der Waals surface area contributed by atoms with Gasteiger partial charge in [-0.15, -0.1) is 11.3 Å². The molecule has 0 saturated heterocycles. The second-order valence-corrected chi connectivity index (χ2v) is 8.05. The summed E-state index contributed by atoms with van der Waals surface area (Å²) in [6.07, 6.45) is 2.16. The number of nitrogens with zero attached hydrogens (tertiary/aromatic N) is 1. The van der Waals surface area contributed by atoms with Gasteiger partial charge in [-0.25, -0.2) is 9.37 Å². The van der Waals surface area contributed by atoms with Crippen LogP contribution >= 0.6 is 11.3 Å². The highest BCUT2D eigenvalue weighted by Gasteiger charge is 2.22. The lowest BCUT2D eigenvalue weighted by Gasteiger charge is -2.16. The number of carbonyl (C=O) groups is 2. The van der Waals surface area contributed by atoms with Crippen LogP contribution in [0.3, 0.4) is 0 Å². The van der Waals surface area contributed by atoms with Crippen molar-refractivity contribution in [3.63, 3.8) is 0 Å². The number of ether oxygens (including phenoxy) is 1. The molecule has 32 heavy (non-hydrogen) atoms. The van der Waals surface area contributed by atoms with Crippen molar-refractivity contribution in [3.05, 3.63) is 65.4 Å². The van der Waals surface area contributed by atoms with E-state index in [-0.39, 0.29) is 17.6 Å². The number of hydrogen-bond donors (Lipinski definition) is 3. The number of rotatable bonds is 7. The minimum absolute atomic E-state index is 0.146. The number of aromatic amines is 1. The molecule has 2 aromatic heterocycles. The summed E-state index contributed by atoms with van der Waals surface area (Å²) in [6, 6.07) is 11.5. The van der Waals surface area contributed by atoms with Crippen molar-refractivity contribution in [1.29, 1.82) is 0 Å². The van der Waals surface area contributed by atoms with Gasteiger partial charge >= 0.3 is 0 Å². The summed E-state index contributed by atoms with van der Waals surface area (Å²) in [5.74, 6) is -1.04. The fraction of sp³-hybridized carbons (Fsp3) is 0.174. The van der Waals surface area contributed by atoms with Crippen LogP contribution < -0.4 is 15.4 Å². The Morgan fingerprint density at radius 1 is 1.25 bits per heavy atom. The average Bonchev–Trinajstić information content (AvgIpc) is 3.40. The maximum Gasteiger partial charge on any atom is 0.249 e. The maximum atomic E-state index is 14.0. The van der Waals surface area contributed by atoms with Crippen LogP contribution in [0.15, 0.2) is 54.0 Å². The molecule has 0 aliphatic heterocycles. The monoisotopic (exact) mass is 452 g/mol. The van der Waals surface area contributed by atoms with Crippen LogP contribution in [0.25, 0.3) is 22.2 Å². The van der Waals surface area contributed by atoms with Crippen LogP contribution in [-0.2, 0) is 16.0 Å². The van der Waals surface area contributed by atoms with Gasteiger partial charge in [-0.05, 0) is 29.8 Å². The third kappa shape index (κ3) is 4.62. The van der Waals surface area contributed by atoms with Crippen LogP contribution in [-0.4, -0.2) is 34.9 Å². The molecule has 0 radical (unpaired) electrons. The molecule has 0 bridgehead atoms. The largest absolute Gasteiger partial charge is 0.494 e. The zero-order valence-electron chi connectivity index (χ0n) is 17.4. The minimum Gasteiger partial charge on any atom is -0.494 e. The summed E-state index contributed by atoms with van der Waals surface area (Å²) < 4.78 is 18.9. The van der Waals surface area contributed by atoms with Crippen LogP contribution in [0.5, 0.6) is 5.75 Å². The number of para-hydroxylation sites is 1. The van der Waals surface area contributed by atoms with Gasteiger partial charge in [0.25, 0.3) is 0 Å². The molecule has 2 aromatic carbocycles. The Bertz CT molecular complexity index is 1280. The number of anilines is 1. The van der Waals surface area contributed by atoms with Gasteiger partial charge < -0.3 is 20.4 Å². The summed E-state index contributed by atoms with van der Waals surface area (Å²) >= 11 is 1.22. The van der Waals surface area contributed by atoms with Crippen LogP contribution in [0.2, 0.25) is 0 Å². The molecule has 0 fully saturated rings. The zero-order chi connectivity index (χ0) is 22.7. The van der Waals surface area contributed by atoms with E-state index in [1.54, 1.807) is 11.4 Å². The summed E-state index contributed by atoms with van der Waals surface area (Å²) in [5, 5.41) is 8.55. The molecule has 4 rings (SSSR count). The SMILES string of the molecule is COc1ccc(-c2csc(NC(=O)C(Cc3c[nH]c4ccccc34)NC(C)=O)n2)cc1F. The van der Waals surface area contributed by atoms with Gasteiger partial charge in [0.15, 0.2) is 16.7 Å². The van der Waals surface area contributed by atoms with Crippen molar-refractivity contribution in [2.75, 3.05) is 12.4 Å². The Labute approximate surface area is 187 Å². The van der Waals surface area contributed by atoms with E-state index in [9.17, 15) is 14.0 Å². The van der Waals surface area contributed by atoms with E-state index in [0.29, 0.717) is 22.8 Å². The molecule has 2 amide bonds. The van der Waals surface area contributed by atoms with E-state index < -0.39 is 11.9 Å². The topological polar surface area (TPSA) is 96.1 Å². The Morgan fingerprint density at radius 2 is 2.06 bits per heavy atom. The molecule has 0 spiro atoms. The smallest absolute Gasteiger partial charge is 0.249 e. The number of thiazole rings is 1. The quantitative estimate of drug-likeness (QED) is 0.393. The highest BCUT2D eigenvalue weighted by atomic mass is 32.1. The minimum atomic E-state index is -0.780. The zero-order valence-corrected chi connectivity index (χ0v) is 18.3. The van der Waals surface area contributed by atoms with Crippen molar-refractivity contribution >= 4 is 39.2 Å². The molecular weight excluding hydrogens is 431 g/mol. The van der Waals surface area contributed by atoms with E-state index in [0.717, 1.165) is 16.5 Å². The van der Waals surface area contributed by atoms with E-state index in [4.69, 9.17) is 4.74 Å². The Hall–Kier alpha value is -3.72. The highest BCUT2D eigenvalue weighted by molar-refractivity contribution is 7.14. The van der Waals surface area contributed by atoms with Crippen molar-refractivity contribution < 1.29 is 18.7 Å². The summed E-state index contributed by atoms with van der Waals surface area (Å²) in [4.78, 5) is 32.2. The third-order valence-corrected chi connectivity index (χ3v) is 5.73. The molecule has 2 heterocycles. The normalized spacial score (nSPS) is 11.8. The van der Waals surface area contributed by atoms with Gasteiger partial charge in [-0.2, -0.15) is 0 Å². The maximum absolute atomic E-state index is 14.0. The molecule has 3 N–H and O–H groups in total.